The summed E-state index contributed by atoms with van der Waals surface area (Å²) < 4.78 is 82.1. The molecule has 0 radical (unpaired) electrons. The van der Waals surface area contributed by atoms with E-state index in [1.54, 1.807) is 13.0 Å². The van der Waals surface area contributed by atoms with E-state index in [4.69, 9.17) is 26.5 Å². The van der Waals surface area contributed by atoms with Crippen molar-refractivity contribution in [3.8, 4) is 22.5 Å². The van der Waals surface area contributed by atoms with Crippen molar-refractivity contribution in [1.29, 1.82) is 0 Å². The van der Waals surface area contributed by atoms with E-state index in [1.807, 2.05) is 0 Å². The van der Waals surface area contributed by atoms with Gasteiger partial charge in [0.2, 0.25) is 15.8 Å². The molecule has 14 nitrogen and oxygen atoms in total. The van der Waals surface area contributed by atoms with Crippen molar-refractivity contribution in [3.63, 3.8) is 0 Å². The highest BCUT2D eigenvalue weighted by Crippen LogP contribution is 2.39. The number of nitrogens with one attached hydrogen (secondary N) is 1. The van der Waals surface area contributed by atoms with Gasteiger partial charge in [-0.25, -0.2) is 31.8 Å². The number of nitrogen functional groups attached to an aromatic ring is 1. The standard InChI is InChI=1S/C15H18N8O4S2.C2HF3O2/c1-8-9(3-5-12(17)19-8)10-2-4-11(28(24,25)7-6-16)14(29(18,26)27)13(10)15-20-22-23-21-15;3-2(4,5)1(6)7/h2-5H,6-7,16H2,1H3,(H2,17,19)(H2,18,26,27)(H,20,21,22,23);(H,6,7). The molecule has 1 aromatic carbocycles. The molecule has 3 aromatic rings. The van der Waals surface area contributed by atoms with E-state index in [0.29, 0.717) is 16.8 Å². The number of hydrogen-bond donors (Lipinski definition) is 5. The van der Waals surface area contributed by atoms with E-state index in [-0.39, 0.29) is 23.8 Å². The number of alkyl halides is 3. The summed E-state index contributed by atoms with van der Waals surface area (Å²) in [6.07, 6.45) is -5.08. The number of primary sulfonamides is 1. The molecule has 19 heteroatoms. The molecular weight excluding hydrogens is 533 g/mol. The zero-order chi connectivity index (χ0) is 27.5. The Morgan fingerprint density at radius 2 is 1.69 bits per heavy atom. The van der Waals surface area contributed by atoms with Crippen molar-refractivity contribution in [2.45, 2.75) is 22.9 Å². The molecule has 0 amide bonds. The van der Waals surface area contributed by atoms with Crippen LogP contribution >= 0.6 is 0 Å². The number of rotatable bonds is 6. The van der Waals surface area contributed by atoms with Crippen LogP contribution in [0.15, 0.2) is 34.1 Å². The lowest BCUT2D eigenvalue weighted by Crippen LogP contribution is -2.22. The Kier molecular flexibility index (Phi) is 8.34. The lowest BCUT2D eigenvalue weighted by Gasteiger charge is -2.17. The minimum atomic E-state index is -5.08. The number of anilines is 1. The number of aliphatic carboxylic acids is 1. The summed E-state index contributed by atoms with van der Waals surface area (Å²) in [4.78, 5) is 11.9. The van der Waals surface area contributed by atoms with Gasteiger partial charge in [0, 0.05) is 17.8 Å². The maximum atomic E-state index is 12.7. The fraction of sp³-hybridized carbons (Fsp3) is 0.235. The van der Waals surface area contributed by atoms with Crippen LogP contribution in [0.25, 0.3) is 22.5 Å². The Hall–Kier alpha value is -3.68. The SMILES string of the molecule is Cc1nc(N)ccc1-c1ccc(S(=O)(=O)CCN)c(S(N)(=O)=O)c1-c1nn[nH]n1.O=C(O)C(F)(F)F. The fourth-order valence-corrected chi connectivity index (χ4v) is 5.69. The molecule has 0 aliphatic carbocycles. The van der Waals surface area contributed by atoms with Crippen LogP contribution in [0.5, 0.6) is 0 Å². The van der Waals surface area contributed by atoms with Gasteiger partial charge < -0.3 is 16.6 Å². The lowest BCUT2D eigenvalue weighted by atomic mass is 9.98. The molecule has 0 fully saturated rings. The number of hydrogen-bond acceptors (Lipinski definition) is 11. The molecule has 0 saturated heterocycles. The van der Waals surface area contributed by atoms with Crippen molar-refractivity contribution < 1.29 is 39.9 Å². The summed E-state index contributed by atoms with van der Waals surface area (Å²) in [5.41, 5.74) is 12.2. The summed E-state index contributed by atoms with van der Waals surface area (Å²) in [5.74, 6) is -3.11. The number of carbonyl (C=O) groups is 1. The van der Waals surface area contributed by atoms with Gasteiger partial charge in [0.25, 0.3) is 0 Å². The Bertz CT molecular complexity index is 1480. The second-order valence-corrected chi connectivity index (χ2v) is 10.5. The van der Waals surface area contributed by atoms with Gasteiger partial charge in [0.15, 0.2) is 9.84 Å². The highest BCUT2D eigenvalue weighted by atomic mass is 32.2. The van der Waals surface area contributed by atoms with E-state index >= 15 is 0 Å². The Morgan fingerprint density at radius 1 is 1.11 bits per heavy atom. The van der Waals surface area contributed by atoms with Gasteiger partial charge in [-0.15, -0.1) is 10.2 Å². The number of carboxylic acid groups (broad SMARTS) is 1. The van der Waals surface area contributed by atoms with Crippen molar-refractivity contribution in [1.82, 2.24) is 25.6 Å². The number of aromatic amines is 1. The monoisotopic (exact) mass is 552 g/mol. The highest BCUT2D eigenvalue weighted by molar-refractivity contribution is 7.93. The van der Waals surface area contributed by atoms with Gasteiger partial charge >= 0.3 is 12.1 Å². The lowest BCUT2D eigenvalue weighted by molar-refractivity contribution is -0.192. The van der Waals surface area contributed by atoms with Gasteiger partial charge in [0.1, 0.15) is 10.7 Å². The number of sulfone groups is 1. The number of nitrogens with zero attached hydrogens (tertiary/aromatic N) is 4. The average molecular weight is 553 g/mol. The topological polar surface area (TPSA) is 251 Å². The number of nitrogens with two attached hydrogens (primary N) is 3. The maximum absolute atomic E-state index is 12.7. The first kappa shape index (κ1) is 28.6. The molecule has 0 bridgehead atoms. The van der Waals surface area contributed by atoms with E-state index in [1.165, 1.54) is 18.2 Å². The largest absolute Gasteiger partial charge is 0.490 e. The first-order valence-electron chi connectivity index (χ1n) is 9.40. The molecule has 0 aliphatic heterocycles. The molecule has 2 aromatic heterocycles. The molecule has 2 heterocycles. The van der Waals surface area contributed by atoms with Crippen LogP contribution in [0.1, 0.15) is 5.69 Å². The number of aryl methyl sites for hydroxylation is 1. The third-order valence-electron chi connectivity index (χ3n) is 4.34. The number of tetrazole rings is 1. The summed E-state index contributed by atoms with van der Waals surface area (Å²) in [6, 6.07) is 5.75. The smallest absolute Gasteiger partial charge is 0.475 e. The Morgan fingerprint density at radius 3 is 2.14 bits per heavy atom. The first-order chi connectivity index (χ1) is 16.5. The third kappa shape index (κ3) is 6.50. The van der Waals surface area contributed by atoms with Crippen LogP contribution in [-0.2, 0) is 24.7 Å². The van der Waals surface area contributed by atoms with Gasteiger partial charge in [-0.05, 0) is 35.9 Å². The zero-order valence-electron chi connectivity index (χ0n) is 18.2. The highest BCUT2D eigenvalue weighted by Gasteiger charge is 2.38. The van der Waals surface area contributed by atoms with Crippen molar-refractivity contribution in [2.24, 2.45) is 10.9 Å². The van der Waals surface area contributed by atoms with E-state index in [2.05, 4.69) is 25.6 Å². The molecule has 196 valence electrons. The van der Waals surface area contributed by atoms with Crippen LogP contribution < -0.4 is 16.6 Å². The second-order valence-electron chi connectivity index (χ2n) is 6.88. The van der Waals surface area contributed by atoms with Crippen molar-refractivity contribution in [3.05, 3.63) is 30.0 Å². The van der Waals surface area contributed by atoms with E-state index in [0.717, 1.165) is 0 Å². The van der Waals surface area contributed by atoms with Crippen LogP contribution in [0, 0.1) is 6.92 Å². The van der Waals surface area contributed by atoms with Crippen LogP contribution in [0.3, 0.4) is 0 Å². The summed E-state index contributed by atoms with van der Waals surface area (Å²) >= 11 is 0. The number of aromatic nitrogens is 5. The molecule has 0 atom stereocenters. The Labute approximate surface area is 201 Å². The predicted octanol–water partition coefficient (Wildman–Crippen LogP) is -0.168. The number of benzene rings is 1. The second kappa shape index (κ2) is 10.5. The van der Waals surface area contributed by atoms with Gasteiger partial charge in [0.05, 0.1) is 16.2 Å². The van der Waals surface area contributed by atoms with Crippen molar-refractivity contribution in [2.75, 3.05) is 18.0 Å². The zero-order valence-corrected chi connectivity index (χ0v) is 19.8. The normalized spacial score (nSPS) is 12.1. The third-order valence-corrected chi connectivity index (χ3v) is 7.24. The van der Waals surface area contributed by atoms with Crippen LogP contribution in [0.4, 0.5) is 19.0 Å². The van der Waals surface area contributed by atoms with Crippen LogP contribution in [0.2, 0.25) is 0 Å². The molecule has 0 unspecified atom stereocenters. The molecular formula is C17H19F3N8O6S2. The number of halogens is 3. The summed E-state index contributed by atoms with van der Waals surface area (Å²) in [5, 5.41) is 25.9. The number of H-pyrrole nitrogens is 1. The number of pyridine rings is 1. The van der Waals surface area contributed by atoms with E-state index < -0.39 is 47.5 Å². The molecule has 8 N–H and O–H groups in total. The van der Waals surface area contributed by atoms with Crippen molar-refractivity contribution >= 4 is 31.6 Å². The minimum Gasteiger partial charge on any atom is -0.475 e. The van der Waals surface area contributed by atoms with Crippen LogP contribution in [-0.4, -0.2) is 72.0 Å². The summed E-state index contributed by atoms with van der Waals surface area (Å²) in [6.45, 7) is 1.47. The average Bonchev–Trinajstić information content (AvgIpc) is 3.26. The molecule has 0 spiro atoms. The number of carboxylic acids is 1. The first-order valence-corrected chi connectivity index (χ1v) is 12.6. The number of sulfonamides is 1. The molecule has 0 saturated carbocycles. The van der Waals surface area contributed by atoms with E-state index in [9.17, 15) is 30.0 Å². The molecule has 3 rings (SSSR count). The Balaban J connectivity index is 0.000000572. The predicted molar refractivity (Wildman–Crippen MR) is 118 cm³/mol. The maximum Gasteiger partial charge on any atom is 0.490 e. The van der Waals surface area contributed by atoms with Gasteiger partial charge in [-0.1, -0.05) is 6.07 Å². The molecule has 36 heavy (non-hydrogen) atoms. The fourth-order valence-electron chi connectivity index (χ4n) is 2.94. The quantitative estimate of drug-likeness (QED) is 0.267. The summed E-state index contributed by atoms with van der Waals surface area (Å²) in [7, 11) is -8.59. The molecule has 0 aliphatic rings. The van der Waals surface area contributed by atoms with Gasteiger partial charge in [-0.2, -0.15) is 18.4 Å². The minimum absolute atomic E-state index is 0.117. The van der Waals surface area contributed by atoms with Gasteiger partial charge in [-0.3, -0.25) is 0 Å².